The predicted molar refractivity (Wildman–Crippen MR) is 89.3 cm³/mol. The van der Waals surface area contributed by atoms with Crippen molar-refractivity contribution in [1.82, 2.24) is 14.3 Å². The van der Waals surface area contributed by atoms with Gasteiger partial charge in [0, 0.05) is 5.02 Å². The summed E-state index contributed by atoms with van der Waals surface area (Å²) >= 11 is 5.79. The molecule has 0 fully saturated rings. The molecule has 2 aromatic carbocycles. The Balaban J connectivity index is 2.26. The lowest BCUT2D eigenvalue weighted by atomic mass is 10.2. The highest BCUT2D eigenvalue weighted by Crippen LogP contribution is 2.15. The van der Waals surface area contributed by atoms with Crippen molar-refractivity contribution in [3.8, 4) is 11.8 Å². The molecule has 0 aliphatic carbocycles. The van der Waals surface area contributed by atoms with Gasteiger partial charge in [-0.05, 0) is 29.8 Å². The third kappa shape index (κ3) is 3.12. The van der Waals surface area contributed by atoms with E-state index < -0.39 is 34.3 Å². The van der Waals surface area contributed by atoms with Crippen LogP contribution in [0.15, 0.2) is 52.1 Å². The van der Waals surface area contributed by atoms with Gasteiger partial charge in [0.25, 0.3) is 5.56 Å². The van der Waals surface area contributed by atoms with Crippen molar-refractivity contribution in [1.29, 1.82) is 5.26 Å². The fraction of sp³-hybridized carbons (Fsp3) is 0.0588. The van der Waals surface area contributed by atoms with Crippen LogP contribution in [0, 0.1) is 23.0 Å². The highest BCUT2D eigenvalue weighted by molar-refractivity contribution is 6.30. The molecule has 130 valence electrons. The second-order valence-corrected chi connectivity index (χ2v) is 5.68. The summed E-state index contributed by atoms with van der Waals surface area (Å²) in [4.78, 5) is 24.9. The van der Waals surface area contributed by atoms with E-state index in [1.54, 1.807) is 24.3 Å². The quantitative estimate of drug-likeness (QED) is 0.704. The molecule has 1 aromatic heterocycles. The standard InChI is InChI=1S/C17H9ClF2N4O2/c18-11-6-4-10(5-7-11)9-23-16(25)14(8-21)22-24(17(23)26)15-12(19)2-1-3-13(15)20/h1-7H,9H2. The van der Waals surface area contributed by atoms with Crippen LogP contribution in [-0.4, -0.2) is 14.3 Å². The van der Waals surface area contributed by atoms with Crippen LogP contribution >= 0.6 is 11.6 Å². The Morgan fingerprint density at radius 1 is 1.08 bits per heavy atom. The molecule has 0 unspecified atom stereocenters. The molecule has 0 saturated heterocycles. The van der Waals surface area contributed by atoms with Crippen LogP contribution in [0.4, 0.5) is 8.78 Å². The van der Waals surface area contributed by atoms with Crippen LogP contribution in [0.2, 0.25) is 5.02 Å². The summed E-state index contributed by atoms with van der Waals surface area (Å²) in [5, 5.41) is 13.1. The molecule has 0 saturated carbocycles. The van der Waals surface area contributed by atoms with Crippen molar-refractivity contribution in [3.63, 3.8) is 0 Å². The van der Waals surface area contributed by atoms with E-state index in [1.165, 1.54) is 6.07 Å². The smallest absolute Gasteiger partial charge is 0.266 e. The van der Waals surface area contributed by atoms with Crippen LogP contribution in [0.25, 0.3) is 5.69 Å². The van der Waals surface area contributed by atoms with Gasteiger partial charge in [0.2, 0.25) is 5.69 Å². The number of rotatable bonds is 3. The summed E-state index contributed by atoms with van der Waals surface area (Å²) in [5.41, 5.74) is -2.93. The fourth-order valence-electron chi connectivity index (χ4n) is 2.33. The zero-order valence-electron chi connectivity index (χ0n) is 13.0. The second-order valence-electron chi connectivity index (χ2n) is 5.24. The number of hydrogen-bond acceptors (Lipinski definition) is 4. The minimum absolute atomic E-state index is 0.220. The summed E-state index contributed by atoms with van der Waals surface area (Å²) in [6, 6.07) is 10.8. The summed E-state index contributed by atoms with van der Waals surface area (Å²) in [6.45, 7) is -0.220. The fourth-order valence-corrected chi connectivity index (χ4v) is 2.46. The SMILES string of the molecule is N#Cc1nn(-c2c(F)cccc2F)c(=O)n(Cc2ccc(Cl)cc2)c1=O. The highest BCUT2D eigenvalue weighted by atomic mass is 35.5. The predicted octanol–water partition coefficient (Wildman–Crippen LogP) is 2.25. The third-order valence-corrected chi connectivity index (χ3v) is 3.82. The Morgan fingerprint density at radius 3 is 2.27 bits per heavy atom. The molecule has 0 radical (unpaired) electrons. The lowest BCUT2D eigenvalue weighted by molar-refractivity contribution is 0.531. The lowest BCUT2D eigenvalue weighted by Gasteiger charge is -2.11. The molecular weight excluding hydrogens is 366 g/mol. The van der Waals surface area contributed by atoms with Crippen LogP contribution < -0.4 is 11.2 Å². The number of hydrogen-bond donors (Lipinski definition) is 0. The largest absolute Gasteiger partial charge is 0.352 e. The van der Waals surface area contributed by atoms with Gasteiger partial charge in [0.15, 0.2) is 11.6 Å². The Hall–Kier alpha value is -3.31. The van der Waals surface area contributed by atoms with Gasteiger partial charge in [-0.25, -0.2) is 13.6 Å². The minimum Gasteiger partial charge on any atom is -0.266 e. The van der Waals surface area contributed by atoms with Gasteiger partial charge in [-0.1, -0.05) is 29.8 Å². The topological polar surface area (TPSA) is 80.7 Å². The number of nitrogens with zero attached hydrogens (tertiary/aromatic N) is 4. The Bertz CT molecular complexity index is 1130. The lowest BCUT2D eigenvalue weighted by Crippen LogP contribution is -2.43. The molecule has 0 spiro atoms. The third-order valence-electron chi connectivity index (χ3n) is 3.57. The van der Waals surface area contributed by atoms with Gasteiger partial charge in [-0.3, -0.25) is 9.36 Å². The van der Waals surface area contributed by atoms with E-state index in [-0.39, 0.29) is 6.54 Å². The van der Waals surface area contributed by atoms with Gasteiger partial charge in [0.05, 0.1) is 6.54 Å². The highest BCUT2D eigenvalue weighted by Gasteiger charge is 2.19. The molecule has 9 heteroatoms. The Kier molecular flexibility index (Phi) is 4.65. The molecule has 6 nitrogen and oxygen atoms in total. The molecular formula is C17H9ClF2N4O2. The van der Waals surface area contributed by atoms with Gasteiger partial charge >= 0.3 is 5.69 Å². The molecule has 1 heterocycles. The van der Waals surface area contributed by atoms with E-state index in [4.69, 9.17) is 16.9 Å². The normalized spacial score (nSPS) is 10.5. The van der Waals surface area contributed by atoms with Gasteiger partial charge in [-0.2, -0.15) is 9.94 Å². The molecule has 0 bridgehead atoms. The summed E-state index contributed by atoms with van der Waals surface area (Å²) in [6.07, 6.45) is 0. The van der Waals surface area contributed by atoms with Gasteiger partial charge in [-0.15, -0.1) is 5.10 Å². The maximum atomic E-state index is 14.0. The van der Waals surface area contributed by atoms with Crippen molar-refractivity contribution in [3.05, 3.63) is 91.2 Å². The van der Waals surface area contributed by atoms with Gasteiger partial charge in [0.1, 0.15) is 11.8 Å². The number of benzene rings is 2. The first-order chi connectivity index (χ1) is 12.4. The summed E-state index contributed by atoms with van der Waals surface area (Å²) in [5.74, 6) is -2.11. The van der Waals surface area contributed by atoms with E-state index in [9.17, 15) is 18.4 Å². The molecule has 0 amide bonds. The maximum Gasteiger partial charge on any atom is 0.352 e. The number of halogens is 3. The zero-order chi connectivity index (χ0) is 18.8. The van der Waals surface area contributed by atoms with Crippen molar-refractivity contribution in [2.24, 2.45) is 0 Å². The van der Waals surface area contributed by atoms with E-state index in [0.717, 1.165) is 18.2 Å². The van der Waals surface area contributed by atoms with Crippen LogP contribution in [0.3, 0.4) is 0 Å². The molecule has 0 atom stereocenters. The summed E-state index contributed by atoms with van der Waals surface area (Å²) < 4.78 is 29.1. The molecule has 26 heavy (non-hydrogen) atoms. The molecule has 0 N–H and O–H groups in total. The number of aromatic nitrogens is 3. The van der Waals surface area contributed by atoms with Crippen molar-refractivity contribution in [2.45, 2.75) is 6.54 Å². The summed E-state index contributed by atoms with van der Waals surface area (Å²) in [7, 11) is 0. The number of nitriles is 1. The van der Waals surface area contributed by atoms with Crippen LogP contribution in [0.1, 0.15) is 11.3 Å². The van der Waals surface area contributed by atoms with E-state index in [2.05, 4.69) is 5.10 Å². The second kappa shape index (κ2) is 6.90. The van der Waals surface area contributed by atoms with Crippen LogP contribution in [0.5, 0.6) is 0 Å². The minimum atomic E-state index is -1.08. The van der Waals surface area contributed by atoms with Gasteiger partial charge < -0.3 is 0 Å². The van der Waals surface area contributed by atoms with E-state index in [1.807, 2.05) is 0 Å². The van der Waals surface area contributed by atoms with Crippen molar-refractivity contribution >= 4 is 11.6 Å². The Labute approximate surface area is 150 Å². The molecule has 0 aliphatic rings. The monoisotopic (exact) mass is 374 g/mol. The van der Waals surface area contributed by atoms with Crippen molar-refractivity contribution < 1.29 is 8.78 Å². The average molecular weight is 375 g/mol. The zero-order valence-corrected chi connectivity index (χ0v) is 13.7. The Morgan fingerprint density at radius 2 is 1.69 bits per heavy atom. The molecule has 3 rings (SSSR count). The van der Waals surface area contributed by atoms with Crippen LogP contribution in [-0.2, 0) is 6.54 Å². The van der Waals surface area contributed by atoms with E-state index in [0.29, 0.717) is 19.8 Å². The average Bonchev–Trinajstić information content (AvgIpc) is 2.62. The molecule has 0 aliphatic heterocycles. The van der Waals surface area contributed by atoms with E-state index >= 15 is 0 Å². The first-order valence-corrected chi connectivity index (χ1v) is 7.63. The maximum absolute atomic E-state index is 14.0. The van der Waals surface area contributed by atoms with Crippen molar-refractivity contribution in [2.75, 3.05) is 0 Å². The molecule has 3 aromatic rings. The first-order valence-electron chi connectivity index (χ1n) is 7.25. The number of para-hydroxylation sites is 1. The first kappa shape index (κ1) is 17.5.